The molecule has 5 heterocycles. The fourth-order valence-electron chi connectivity index (χ4n) is 5.94. The molecule has 5 aromatic heterocycles. The van der Waals surface area contributed by atoms with Gasteiger partial charge in [0.15, 0.2) is 17.3 Å². The van der Waals surface area contributed by atoms with Gasteiger partial charge in [-0.15, -0.1) is 0 Å². The summed E-state index contributed by atoms with van der Waals surface area (Å²) >= 11 is 0. The van der Waals surface area contributed by atoms with E-state index in [0.29, 0.717) is 39.9 Å². The molecule has 3 N–H and O–H groups in total. The minimum Gasteiger partial charge on any atom is -0.383 e. The van der Waals surface area contributed by atoms with Crippen LogP contribution in [0.4, 0.5) is 5.82 Å². The number of hydrogen-bond acceptors (Lipinski definition) is 7. The Morgan fingerprint density at radius 2 is 1.79 bits per heavy atom. The third-order valence-corrected chi connectivity index (χ3v) is 8.21. The molecule has 10 heteroatoms. The molecule has 0 fully saturated rings. The first-order valence-corrected chi connectivity index (χ1v) is 15.2. The number of carbonyl (C=O) groups excluding carboxylic acids is 1. The maximum Gasteiger partial charge on any atom is 0.251 e. The number of nitrogen functional groups attached to an aromatic ring is 1. The lowest BCUT2D eigenvalue weighted by molar-refractivity contribution is 0.0936. The summed E-state index contributed by atoms with van der Waals surface area (Å²) < 4.78 is 3.73. The molecule has 47 heavy (non-hydrogen) atoms. The van der Waals surface area contributed by atoms with Crippen LogP contribution in [0.1, 0.15) is 45.2 Å². The van der Waals surface area contributed by atoms with Crippen LogP contribution >= 0.6 is 0 Å². The molecule has 0 saturated carbocycles. The number of aromatic nitrogens is 7. The van der Waals surface area contributed by atoms with Gasteiger partial charge in [0.25, 0.3) is 5.91 Å². The number of pyridine rings is 3. The molecule has 0 aliphatic heterocycles. The fraction of sp³-hybridized carbons (Fsp3) is 0.0811. The van der Waals surface area contributed by atoms with Gasteiger partial charge >= 0.3 is 0 Å². The first-order chi connectivity index (χ1) is 23.1. The maximum atomic E-state index is 13.4. The highest BCUT2D eigenvalue weighted by Gasteiger charge is 2.26. The van der Waals surface area contributed by atoms with Gasteiger partial charge < -0.3 is 11.1 Å². The van der Waals surface area contributed by atoms with Crippen LogP contribution in [0, 0.1) is 11.8 Å². The monoisotopic (exact) mass is 613 g/mol. The molecular weight excluding hydrogens is 586 g/mol. The Bertz CT molecular complexity index is 2330. The lowest BCUT2D eigenvalue weighted by Gasteiger charge is -2.16. The Morgan fingerprint density at radius 3 is 2.64 bits per heavy atom. The highest BCUT2D eigenvalue weighted by Crippen LogP contribution is 2.36. The number of nitrogens with zero attached hydrogens (tertiary/aromatic N) is 7. The second-order valence-electron chi connectivity index (χ2n) is 11.2. The van der Waals surface area contributed by atoms with Gasteiger partial charge in [-0.2, -0.15) is 5.10 Å². The summed E-state index contributed by atoms with van der Waals surface area (Å²) in [6.07, 6.45) is 8.44. The molecule has 0 bridgehead atoms. The summed E-state index contributed by atoms with van der Waals surface area (Å²) in [5, 5.41) is 7.58. The van der Waals surface area contributed by atoms with Crippen molar-refractivity contribution in [1.82, 2.24) is 39.6 Å². The number of carbonyl (C=O) groups is 1. The second kappa shape index (κ2) is 11.7. The summed E-state index contributed by atoms with van der Waals surface area (Å²) in [6.45, 7) is 0. The number of fused-ring (bicyclic) bond motifs is 2. The molecule has 10 nitrogen and oxygen atoms in total. The maximum absolute atomic E-state index is 13.4. The molecule has 0 unspecified atom stereocenters. The van der Waals surface area contributed by atoms with Gasteiger partial charge in [-0.05, 0) is 96.6 Å². The average molecular weight is 614 g/mol. The van der Waals surface area contributed by atoms with Crippen molar-refractivity contribution in [3.05, 3.63) is 144 Å². The predicted molar refractivity (Wildman–Crippen MR) is 179 cm³/mol. The van der Waals surface area contributed by atoms with Crippen molar-refractivity contribution in [2.45, 2.75) is 18.9 Å². The summed E-state index contributed by atoms with van der Waals surface area (Å²) in [6, 6.07) is 28.7. The number of anilines is 1. The number of amides is 1. The zero-order chi connectivity index (χ0) is 31.7. The van der Waals surface area contributed by atoms with Crippen LogP contribution in [-0.4, -0.2) is 40.2 Å². The molecule has 0 radical (unpaired) electrons. The van der Waals surface area contributed by atoms with E-state index in [1.54, 1.807) is 35.4 Å². The molecule has 1 aliphatic carbocycles. The van der Waals surface area contributed by atoms with Crippen molar-refractivity contribution in [3.8, 4) is 34.7 Å². The Balaban J connectivity index is 1.11. The van der Waals surface area contributed by atoms with Crippen molar-refractivity contribution >= 4 is 22.9 Å². The third-order valence-electron chi connectivity index (χ3n) is 8.21. The number of nitrogens with two attached hydrogens (primary N) is 1. The van der Waals surface area contributed by atoms with Gasteiger partial charge in [-0.1, -0.05) is 30.2 Å². The van der Waals surface area contributed by atoms with Crippen molar-refractivity contribution in [2.24, 2.45) is 0 Å². The lowest BCUT2D eigenvalue weighted by Crippen LogP contribution is -2.27. The van der Waals surface area contributed by atoms with Gasteiger partial charge in [0.05, 0.1) is 11.6 Å². The Labute approximate surface area is 270 Å². The van der Waals surface area contributed by atoms with E-state index in [0.717, 1.165) is 40.7 Å². The normalized spacial score (nSPS) is 13.6. The molecule has 1 amide bonds. The van der Waals surface area contributed by atoms with Crippen LogP contribution < -0.4 is 11.1 Å². The molecule has 1 aliphatic rings. The topological polar surface area (TPSA) is 129 Å². The zero-order valence-corrected chi connectivity index (χ0v) is 25.1. The predicted octanol–water partition coefficient (Wildman–Crippen LogP) is 5.46. The van der Waals surface area contributed by atoms with Crippen molar-refractivity contribution in [3.63, 3.8) is 0 Å². The number of hydrogen-bond donors (Lipinski definition) is 2. The molecule has 0 spiro atoms. The summed E-state index contributed by atoms with van der Waals surface area (Å²) in [7, 11) is 0. The van der Waals surface area contributed by atoms with Gasteiger partial charge in [-0.3, -0.25) is 9.36 Å². The lowest BCUT2D eigenvalue weighted by atomic mass is 10.1. The van der Waals surface area contributed by atoms with Crippen LogP contribution in [-0.2, 0) is 6.42 Å². The van der Waals surface area contributed by atoms with Crippen LogP contribution in [0.3, 0.4) is 0 Å². The molecule has 226 valence electrons. The smallest absolute Gasteiger partial charge is 0.251 e. The van der Waals surface area contributed by atoms with E-state index in [-0.39, 0.29) is 11.9 Å². The minimum absolute atomic E-state index is 0.129. The molecule has 1 atom stereocenters. The van der Waals surface area contributed by atoms with Crippen molar-refractivity contribution in [2.75, 3.05) is 5.73 Å². The van der Waals surface area contributed by atoms with Gasteiger partial charge in [0, 0.05) is 41.6 Å². The average Bonchev–Trinajstić information content (AvgIpc) is 3.87. The van der Waals surface area contributed by atoms with Gasteiger partial charge in [0.2, 0.25) is 0 Å². The van der Waals surface area contributed by atoms with Crippen LogP contribution in [0.15, 0.2) is 116 Å². The largest absolute Gasteiger partial charge is 0.383 e. The minimum atomic E-state index is -0.164. The Kier molecular flexibility index (Phi) is 6.96. The second-order valence-corrected chi connectivity index (χ2v) is 11.2. The summed E-state index contributed by atoms with van der Waals surface area (Å²) in [5.74, 6) is 7.68. The van der Waals surface area contributed by atoms with E-state index in [1.165, 1.54) is 0 Å². The molecule has 7 aromatic rings. The number of rotatable bonds is 5. The summed E-state index contributed by atoms with van der Waals surface area (Å²) in [5.41, 5.74) is 13.5. The standard InChI is InChI=1S/C37H27N9O/c38-34-30(8-4-18-40-34)35-42-32-15-16-33(45-21-5-19-41-45)44-36(32)46(35)28-12-13-29-25(23-28)10-14-31(29)43-37(47)26-17-20-39-27(22-26)11-9-24-6-2-1-3-7-24/h1-8,12-13,15-23,31H,10,14H2,(H2,38,40)(H,43,47)/t31-/m0/s1. The first-order valence-electron chi connectivity index (χ1n) is 15.2. The van der Waals surface area contributed by atoms with Gasteiger partial charge in [-0.25, -0.2) is 24.6 Å². The van der Waals surface area contributed by atoms with Crippen LogP contribution in [0.25, 0.3) is 34.1 Å². The van der Waals surface area contributed by atoms with E-state index < -0.39 is 0 Å². The number of nitrogens with one attached hydrogen (secondary N) is 1. The van der Waals surface area contributed by atoms with E-state index in [4.69, 9.17) is 15.7 Å². The van der Waals surface area contributed by atoms with Crippen molar-refractivity contribution < 1.29 is 4.79 Å². The SMILES string of the molecule is Nc1ncccc1-c1nc2ccc(-n3cccn3)nc2n1-c1ccc2c(c1)CC[C@@H]2NC(=O)c1ccnc(C#Cc2ccccc2)c1. The zero-order valence-electron chi connectivity index (χ0n) is 25.1. The number of aryl methyl sites for hydroxylation is 1. The van der Waals surface area contributed by atoms with Crippen LogP contribution in [0.2, 0.25) is 0 Å². The van der Waals surface area contributed by atoms with E-state index in [1.807, 2.05) is 77.5 Å². The van der Waals surface area contributed by atoms with E-state index in [2.05, 4.69) is 44.4 Å². The van der Waals surface area contributed by atoms with Crippen LogP contribution in [0.5, 0.6) is 0 Å². The number of benzene rings is 2. The third kappa shape index (κ3) is 5.36. The molecular formula is C37H27N9O. The molecule has 8 rings (SSSR count). The Morgan fingerprint density at radius 1 is 0.872 bits per heavy atom. The number of imidazole rings is 1. The van der Waals surface area contributed by atoms with E-state index in [9.17, 15) is 4.79 Å². The molecule has 2 aromatic carbocycles. The first kappa shape index (κ1) is 27.9. The summed E-state index contributed by atoms with van der Waals surface area (Å²) in [4.78, 5) is 31.9. The van der Waals surface area contributed by atoms with E-state index >= 15 is 0 Å². The highest BCUT2D eigenvalue weighted by molar-refractivity contribution is 5.94. The fourth-order valence-corrected chi connectivity index (χ4v) is 5.94. The quantitative estimate of drug-likeness (QED) is 0.247. The van der Waals surface area contributed by atoms with Crippen molar-refractivity contribution in [1.29, 1.82) is 0 Å². The van der Waals surface area contributed by atoms with Gasteiger partial charge in [0.1, 0.15) is 17.0 Å². The highest BCUT2D eigenvalue weighted by atomic mass is 16.1. The Hall–Kier alpha value is -6.60. The molecule has 0 saturated heterocycles.